The maximum atomic E-state index is 12.8. The van der Waals surface area contributed by atoms with Crippen LogP contribution in [0.1, 0.15) is 16.7 Å². The number of hydrogen-bond donors (Lipinski definition) is 3. The highest BCUT2D eigenvalue weighted by molar-refractivity contribution is 7.90. The molecule has 13 heteroatoms. The van der Waals surface area contributed by atoms with Crippen LogP contribution >= 0.6 is 24.0 Å². The van der Waals surface area contributed by atoms with Crippen LogP contribution in [0, 0.1) is 6.92 Å². The van der Waals surface area contributed by atoms with Crippen molar-refractivity contribution in [1.29, 1.82) is 0 Å². The van der Waals surface area contributed by atoms with Crippen LogP contribution in [-0.4, -0.2) is 46.6 Å². The number of nitrogens with two attached hydrogens (primary N) is 1. The lowest BCUT2D eigenvalue weighted by atomic mass is 9.99. The zero-order valence-corrected chi connectivity index (χ0v) is 21.6. The van der Waals surface area contributed by atoms with Gasteiger partial charge in [0.2, 0.25) is 0 Å². The molecule has 0 unspecified atom stereocenters. The number of carbonyl (C=O) groups excluding carboxylic acids is 1. The lowest BCUT2D eigenvalue weighted by molar-refractivity contribution is 0.172. The van der Waals surface area contributed by atoms with E-state index in [1.54, 1.807) is 37.3 Å². The predicted molar refractivity (Wildman–Crippen MR) is 138 cm³/mol. The first-order valence-electron chi connectivity index (χ1n) is 10.2. The first-order chi connectivity index (χ1) is 16.0. The quantitative estimate of drug-likeness (QED) is 0.369. The van der Waals surface area contributed by atoms with Crippen LogP contribution in [0.25, 0.3) is 11.0 Å². The molecule has 10 nitrogen and oxygen atoms in total. The minimum atomic E-state index is -3.77. The van der Waals surface area contributed by atoms with E-state index in [-0.39, 0.29) is 48.3 Å². The minimum Gasteiger partial charge on any atom is -0.422 e. The van der Waals surface area contributed by atoms with Crippen LogP contribution in [0.5, 0.6) is 5.75 Å². The fourth-order valence-corrected chi connectivity index (χ4v) is 4.29. The third-order valence-electron chi connectivity index (χ3n) is 4.90. The zero-order chi connectivity index (χ0) is 25.0. The summed E-state index contributed by atoms with van der Waals surface area (Å²) in [7, 11) is -0.704. The summed E-state index contributed by atoms with van der Waals surface area (Å²) in [6, 6.07) is 9.64. The van der Waals surface area contributed by atoms with Crippen molar-refractivity contribution in [2.24, 2.45) is 5.73 Å². The lowest BCUT2D eigenvalue weighted by Crippen LogP contribution is -2.33. The second-order valence-electron chi connectivity index (χ2n) is 7.70. The maximum Gasteiger partial charge on any atom is 0.414 e. The van der Waals surface area contributed by atoms with Crippen molar-refractivity contribution < 1.29 is 22.4 Å². The molecule has 0 atom stereocenters. The van der Waals surface area contributed by atoms with E-state index < -0.39 is 21.9 Å². The Morgan fingerprint density at radius 3 is 2.60 bits per heavy atom. The van der Waals surface area contributed by atoms with Crippen LogP contribution in [0.2, 0.25) is 5.02 Å². The summed E-state index contributed by atoms with van der Waals surface area (Å²) < 4.78 is 39.6. The molecule has 35 heavy (non-hydrogen) atoms. The molecule has 0 spiro atoms. The molecule has 3 aromatic rings. The van der Waals surface area contributed by atoms with Gasteiger partial charge in [-0.05, 0) is 36.2 Å². The van der Waals surface area contributed by atoms with Crippen molar-refractivity contribution in [2.75, 3.05) is 31.9 Å². The molecule has 2 aromatic carbocycles. The molecule has 0 aliphatic rings. The first kappa shape index (κ1) is 28.4. The molecular formula is C22H26Cl2N4O6S. The number of amides is 1. The molecular weight excluding hydrogens is 519 g/mol. The monoisotopic (exact) mass is 544 g/mol. The van der Waals surface area contributed by atoms with Crippen LogP contribution in [0.15, 0.2) is 45.6 Å². The number of rotatable bonds is 8. The molecule has 0 bridgehead atoms. The van der Waals surface area contributed by atoms with E-state index in [1.807, 2.05) is 0 Å². The van der Waals surface area contributed by atoms with Gasteiger partial charge in [-0.3, -0.25) is 4.72 Å². The molecule has 0 fully saturated rings. The van der Waals surface area contributed by atoms with E-state index in [9.17, 15) is 18.0 Å². The lowest BCUT2D eigenvalue weighted by Gasteiger charge is -2.14. The Bertz CT molecular complexity index is 1390. The molecule has 1 amide bonds. The first-order valence-corrected chi connectivity index (χ1v) is 12.1. The molecule has 0 saturated heterocycles. The SMILES string of the molecule is Cc1c(Cc2cccc(NS(=O)(=O)NCCN)c2)c(=O)oc2cc(OC(=O)N(C)C)c(Cl)cc12.Cl. The number of anilines is 1. The number of hydrogen-bond acceptors (Lipinski definition) is 7. The number of aryl methyl sites for hydroxylation is 1. The summed E-state index contributed by atoms with van der Waals surface area (Å²) >= 11 is 6.30. The van der Waals surface area contributed by atoms with Gasteiger partial charge in [-0.25, -0.2) is 9.59 Å². The Balaban J connectivity index is 0.00000432. The smallest absolute Gasteiger partial charge is 0.414 e. The van der Waals surface area contributed by atoms with Gasteiger partial charge < -0.3 is 19.8 Å². The second kappa shape index (κ2) is 11.7. The van der Waals surface area contributed by atoms with Gasteiger partial charge in [-0.15, -0.1) is 12.4 Å². The van der Waals surface area contributed by atoms with Gasteiger partial charge in [-0.2, -0.15) is 13.1 Å². The van der Waals surface area contributed by atoms with E-state index >= 15 is 0 Å². The molecule has 1 heterocycles. The fraction of sp³-hybridized carbons (Fsp3) is 0.273. The van der Waals surface area contributed by atoms with Crippen molar-refractivity contribution in [3.05, 3.63) is 68.5 Å². The van der Waals surface area contributed by atoms with Gasteiger partial charge in [0, 0.05) is 50.6 Å². The van der Waals surface area contributed by atoms with Gasteiger partial charge in [0.05, 0.1) is 10.7 Å². The summed E-state index contributed by atoms with van der Waals surface area (Å²) in [5.41, 5.74) is 7.06. The number of benzene rings is 2. The van der Waals surface area contributed by atoms with Crippen LogP contribution in [0.4, 0.5) is 10.5 Å². The molecule has 1 aromatic heterocycles. The number of nitrogens with one attached hydrogen (secondary N) is 2. The van der Waals surface area contributed by atoms with Crippen molar-refractivity contribution in [3.63, 3.8) is 0 Å². The molecule has 0 radical (unpaired) electrons. The van der Waals surface area contributed by atoms with Gasteiger partial charge in [0.15, 0.2) is 5.75 Å². The van der Waals surface area contributed by atoms with Crippen LogP contribution < -0.4 is 25.5 Å². The Labute approximate surface area is 214 Å². The Hall–Kier alpha value is -2.83. The average molecular weight is 545 g/mol. The molecule has 3 rings (SSSR count). The van der Waals surface area contributed by atoms with E-state index in [0.29, 0.717) is 27.8 Å². The van der Waals surface area contributed by atoms with Gasteiger partial charge in [0.25, 0.3) is 10.2 Å². The van der Waals surface area contributed by atoms with Crippen molar-refractivity contribution in [3.8, 4) is 5.75 Å². The van der Waals surface area contributed by atoms with Crippen molar-refractivity contribution in [1.82, 2.24) is 9.62 Å². The minimum absolute atomic E-state index is 0. The molecule has 4 N–H and O–H groups in total. The summed E-state index contributed by atoms with van der Waals surface area (Å²) in [5.74, 6) is 0.0754. The summed E-state index contributed by atoms with van der Waals surface area (Å²) in [4.78, 5) is 25.9. The highest BCUT2D eigenvalue weighted by Gasteiger charge is 2.17. The Morgan fingerprint density at radius 1 is 1.23 bits per heavy atom. The molecule has 0 saturated carbocycles. The number of ether oxygens (including phenoxy) is 1. The van der Waals surface area contributed by atoms with Gasteiger partial charge in [-0.1, -0.05) is 23.7 Å². The van der Waals surface area contributed by atoms with E-state index in [0.717, 1.165) is 0 Å². The fourth-order valence-electron chi connectivity index (χ4n) is 3.19. The highest BCUT2D eigenvalue weighted by atomic mass is 35.5. The van der Waals surface area contributed by atoms with E-state index in [2.05, 4.69) is 9.44 Å². The topological polar surface area (TPSA) is 144 Å². The number of fused-ring (bicyclic) bond motifs is 1. The molecule has 0 aliphatic heterocycles. The van der Waals surface area contributed by atoms with E-state index in [4.69, 9.17) is 26.5 Å². The normalized spacial score (nSPS) is 11.1. The third kappa shape index (κ3) is 7.09. The van der Waals surface area contributed by atoms with Crippen molar-refractivity contribution in [2.45, 2.75) is 13.3 Å². The average Bonchev–Trinajstić information content (AvgIpc) is 2.76. The number of carbonyl (C=O) groups is 1. The predicted octanol–water partition coefficient (Wildman–Crippen LogP) is 3.03. The van der Waals surface area contributed by atoms with Crippen LogP contribution in [-0.2, 0) is 16.6 Å². The van der Waals surface area contributed by atoms with Gasteiger partial charge >= 0.3 is 11.7 Å². The van der Waals surface area contributed by atoms with Gasteiger partial charge in [0.1, 0.15) is 5.58 Å². The molecule has 190 valence electrons. The van der Waals surface area contributed by atoms with E-state index in [1.165, 1.54) is 25.1 Å². The van der Waals surface area contributed by atoms with Crippen molar-refractivity contribution >= 4 is 57.0 Å². The molecule has 0 aliphatic carbocycles. The zero-order valence-electron chi connectivity index (χ0n) is 19.3. The summed E-state index contributed by atoms with van der Waals surface area (Å²) in [6.07, 6.45) is -0.420. The maximum absolute atomic E-state index is 12.8. The Kier molecular flexibility index (Phi) is 9.52. The highest BCUT2D eigenvalue weighted by Crippen LogP contribution is 2.32. The number of nitrogens with zero attached hydrogens (tertiary/aromatic N) is 1. The number of halogens is 2. The summed E-state index contributed by atoms with van der Waals surface area (Å²) in [6.45, 7) is 2.03. The summed E-state index contributed by atoms with van der Waals surface area (Å²) in [5, 5.41) is 0.777. The third-order valence-corrected chi connectivity index (χ3v) is 6.28. The Morgan fingerprint density at radius 2 is 1.94 bits per heavy atom. The largest absolute Gasteiger partial charge is 0.422 e. The standard InChI is InChI=1S/C22H25ClN4O6S.ClH/c1-13-16-11-18(23)20(33-22(29)27(2)3)12-19(16)32-21(28)17(13)10-14-5-4-6-15(9-14)26-34(30,31)25-8-7-24;/h4-6,9,11-12,25-26H,7-8,10,24H2,1-3H3;1H. The second-order valence-corrected chi connectivity index (χ2v) is 9.61. The van der Waals surface area contributed by atoms with Crippen LogP contribution in [0.3, 0.4) is 0 Å².